The van der Waals surface area contributed by atoms with Crippen LogP contribution in [0.2, 0.25) is 13.1 Å². The van der Waals surface area contributed by atoms with Crippen LogP contribution in [0.3, 0.4) is 0 Å². The minimum Gasteiger partial charge on any atom is -0.428 e. The summed E-state index contributed by atoms with van der Waals surface area (Å²) < 4.78 is 0. The summed E-state index contributed by atoms with van der Waals surface area (Å²) in [7, 11) is -2.32. The second kappa shape index (κ2) is 5.96. The fourth-order valence-corrected chi connectivity index (χ4v) is 3.28. The van der Waals surface area contributed by atoms with Crippen LogP contribution in [-0.2, 0) is 0 Å². The smallest absolute Gasteiger partial charge is 0.213 e. The van der Waals surface area contributed by atoms with Crippen LogP contribution in [0.1, 0.15) is 24.2 Å². The van der Waals surface area contributed by atoms with Gasteiger partial charge in [0.1, 0.15) is 0 Å². The first kappa shape index (κ1) is 15.7. The topological polar surface area (TPSA) is 37.3 Å². The molecule has 0 saturated carbocycles. The van der Waals surface area contributed by atoms with Crippen LogP contribution in [0, 0.1) is 5.92 Å². The van der Waals surface area contributed by atoms with Crippen molar-refractivity contribution in [1.82, 2.24) is 0 Å². The minimum absolute atomic E-state index is 0.00429. The van der Waals surface area contributed by atoms with Gasteiger partial charge in [-0.2, -0.15) is 0 Å². The van der Waals surface area contributed by atoms with Gasteiger partial charge in [0.05, 0.1) is 0 Å². The molecule has 0 radical (unpaired) electrons. The lowest BCUT2D eigenvalue weighted by molar-refractivity contribution is 0.0939. The van der Waals surface area contributed by atoms with Gasteiger partial charge in [-0.15, -0.1) is 0 Å². The molecule has 0 aromatic heterocycles. The molecule has 0 amide bonds. The quantitative estimate of drug-likeness (QED) is 0.692. The number of carbonyl (C=O) groups is 1. The van der Waals surface area contributed by atoms with Gasteiger partial charge in [0.15, 0.2) is 5.78 Å². The van der Waals surface area contributed by atoms with Crippen LogP contribution < -0.4 is 5.19 Å². The van der Waals surface area contributed by atoms with Crippen molar-refractivity contribution in [2.45, 2.75) is 26.9 Å². The van der Waals surface area contributed by atoms with Gasteiger partial charge in [-0.25, -0.2) is 0 Å². The number of hydrogen-bond donors (Lipinski definition) is 1. The van der Waals surface area contributed by atoms with E-state index in [4.69, 9.17) is 0 Å². The summed E-state index contributed by atoms with van der Waals surface area (Å²) in [4.78, 5) is 22.4. The van der Waals surface area contributed by atoms with Crippen molar-refractivity contribution in [2.75, 3.05) is 0 Å². The van der Waals surface area contributed by atoms with Gasteiger partial charge in [-0.3, -0.25) is 4.79 Å². The Bertz CT molecular complexity index is 654. The Morgan fingerprint density at radius 2 is 1.57 bits per heavy atom. The lowest BCUT2D eigenvalue weighted by Gasteiger charge is -2.16. The van der Waals surface area contributed by atoms with Crippen LogP contribution >= 0.6 is 0 Å². The SMILES string of the molecule is CC(C)C(=O)c1cccc(-c2cccc([Si](C)(C)O)c2)c1. The maximum absolute atomic E-state index is 12.1. The summed E-state index contributed by atoms with van der Waals surface area (Å²) in [5, 5.41) is 1.00. The predicted molar refractivity (Wildman–Crippen MR) is 90.4 cm³/mol. The zero-order valence-electron chi connectivity index (χ0n) is 13.1. The number of carbonyl (C=O) groups excluding carboxylic acids is 1. The molecule has 3 heteroatoms. The third-order valence-corrected chi connectivity index (χ3v) is 5.30. The molecule has 21 heavy (non-hydrogen) atoms. The number of ketones is 1. The number of hydrogen-bond acceptors (Lipinski definition) is 2. The first-order valence-electron chi connectivity index (χ1n) is 7.26. The first-order valence-corrected chi connectivity index (χ1v) is 10.2. The molecule has 0 heterocycles. The molecule has 0 saturated heterocycles. The van der Waals surface area contributed by atoms with Crippen LogP contribution in [0.15, 0.2) is 48.5 Å². The van der Waals surface area contributed by atoms with Crippen molar-refractivity contribution in [3.05, 3.63) is 54.1 Å². The fraction of sp³-hybridized carbons (Fsp3) is 0.278. The zero-order chi connectivity index (χ0) is 15.6. The second-order valence-corrected chi connectivity index (χ2v) is 9.93. The van der Waals surface area contributed by atoms with Crippen molar-refractivity contribution in [1.29, 1.82) is 0 Å². The van der Waals surface area contributed by atoms with Gasteiger partial charge in [-0.1, -0.05) is 56.3 Å². The second-order valence-electron chi connectivity index (χ2n) is 6.24. The van der Waals surface area contributed by atoms with E-state index in [1.54, 1.807) is 0 Å². The van der Waals surface area contributed by atoms with E-state index in [1.165, 1.54) is 0 Å². The molecule has 0 aliphatic rings. The standard InChI is InChI=1S/C18H22O2Si/c1-13(2)18(19)16-9-5-7-14(11-16)15-8-6-10-17(12-15)21(3,4)20/h5-13,20H,1-4H3. The molecule has 2 aromatic carbocycles. The van der Waals surface area contributed by atoms with Gasteiger partial charge in [-0.05, 0) is 35.5 Å². The van der Waals surface area contributed by atoms with E-state index in [0.717, 1.165) is 21.9 Å². The molecule has 0 fully saturated rings. The largest absolute Gasteiger partial charge is 0.428 e. The number of Topliss-reactive ketones (excluding diaryl/α,β-unsaturated/α-hetero) is 1. The highest BCUT2D eigenvalue weighted by Crippen LogP contribution is 2.21. The van der Waals surface area contributed by atoms with Crippen LogP contribution in [0.4, 0.5) is 0 Å². The van der Waals surface area contributed by atoms with E-state index in [9.17, 15) is 9.59 Å². The van der Waals surface area contributed by atoms with E-state index in [2.05, 4.69) is 0 Å². The summed E-state index contributed by atoms with van der Waals surface area (Å²) >= 11 is 0. The van der Waals surface area contributed by atoms with E-state index in [1.807, 2.05) is 75.5 Å². The van der Waals surface area contributed by atoms with Crippen molar-refractivity contribution in [3.8, 4) is 11.1 Å². The normalized spacial score (nSPS) is 11.7. The summed E-state index contributed by atoms with van der Waals surface area (Å²) in [6, 6.07) is 15.7. The molecular formula is C18H22O2Si. The van der Waals surface area contributed by atoms with Crippen molar-refractivity contribution < 1.29 is 9.59 Å². The summed E-state index contributed by atoms with van der Waals surface area (Å²) in [5.74, 6) is 0.153. The molecule has 0 aliphatic carbocycles. The Labute approximate surface area is 127 Å². The van der Waals surface area contributed by atoms with Crippen LogP contribution in [0.5, 0.6) is 0 Å². The minimum atomic E-state index is -2.32. The van der Waals surface area contributed by atoms with Crippen LogP contribution in [0.25, 0.3) is 11.1 Å². The number of benzene rings is 2. The van der Waals surface area contributed by atoms with Gasteiger partial charge in [0, 0.05) is 11.5 Å². The Morgan fingerprint density at radius 3 is 2.14 bits per heavy atom. The molecule has 2 nitrogen and oxygen atoms in total. The third kappa shape index (κ3) is 3.68. The number of rotatable bonds is 4. The Balaban J connectivity index is 2.43. The first-order chi connectivity index (χ1) is 9.79. The maximum atomic E-state index is 12.1. The van der Waals surface area contributed by atoms with Gasteiger partial charge in [0.2, 0.25) is 8.32 Å². The summed E-state index contributed by atoms with van der Waals surface area (Å²) in [5.41, 5.74) is 2.80. The lowest BCUT2D eigenvalue weighted by Crippen LogP contribution is -2.41. The van der Waals surface area contributed by atoms with Crippen LogP contribution in [-0.4, -0.2) is 18.9 Å². The molecule has 1 N–H and O–H groups in total. The molecule has 0 aliphatic heterocycles. The molecule has 2 aromatic rings. The lowest BCUT2D eigenvalue weighted by atomic mass is 9.97. The Morgan fingerprint density at radius 1 is 1.00 bits per heavy atom. The molecular weight excluding hydrogens is 276 g/mol. The predicted octanol–water partition coefficient (Wildman–Crippen LogP) is 3.60. The molecule has 0 atom stereocenters. The highest BCUT2D eigenvalue weighted by Gasteiger charge is 2.20. The molecule has 0 bridgehead atoms. The summed E-state index contributed by atoms with van der Waals surface area (Å²) in [6.45, 7) is 7.64. The average Bonchev–Trinajstić information content (AvgIpc) is 2.46. The summed E-state index contributed by atoms with van der Waals surface area (Å²) in [6.07, 6.45) is 0. The highest BCUT2D eigenvalue weighted by atomic mass is 28.4. The molecule has 2 rings (SSSR count). The monoisotopic (exact) mass is 298 g/mol. The van der Waals surface area contributed by atoms with Crippen molar-refractivity contribution in [2.24, 2.45) is 5.92 Å². The van der Waals surface area contributed by atoms with Crippen molar-refractivity contribution in [3.63, 3.8) is 0 Å². The molecule has 110 valence electrons. The van der Waals surface area contributed by atoms with Gasteiger partial charge < -0.3 is 4.80 Å². The van der Waals surface area contributed by atoms with Gasteiger partial charge >= 0.3 is 0 Å². The Hall–Kier alpha value is -1.71. The van der Waals surface area contributed by atoms with Gasteiger partial charge in [0.25, 0.3) is 0 Å². The van der Waals surface area contributed by atoms with E-state index >= 15 is 0 Å². The fourth-order valence-electron chi connectivity index (χ4n) is 2.26. The van der Waals surface area contributed by atoms with Crippen molar-refractivity contribution >= 4 is 19.3 Å². The third-order valence-electron chi connectivity index (χ3n) is 3.57. The maximum Gasteiger partial charge on any atom is 0.213 e. The van der Waals surface area contributed by atoms with E-state index < -0.39 is 8.32 Å². The molecule has 0 unspecified atom stereocenters. The Kier molecular flexibility index (Phi) is 4.45. The molecule has 0 spiro atoms. The van der Waals surface area contributed by atoms with E-state index in [-0.39, 0.29) is 11.7 Å². The zero-order valence-corrected chi connectivity index (χ0v) is 14.1. The highest BCUT2D eigenvalue weighted by molar-refractivity contribution is 6.83. The average molecular weight is 298 g/mol. The van der Waals surface area contributed by atoms with E-state index in [0.29, 0.717) is 0 Å².